The van der Waals surface area contributed by atoms with Crippen LogP contribution in [-0.4, -0.2) is 32.8 Å². The van der Waals surface area contributed by atoms with Crippen LogP contribution >= 0.6 is 0 Å². The van der Waals surface area contributed by atoms with Gasteiger partial charge in [-0.1, -0.05) is 19.8 Å². The Kier molecular flexibility index (Phi) is 5.72. The Labute approximate surface area is 126 Å². The molecular formula is C16H24N2O3. The molecule has 0 saturated carbocycles. The van der Waals surface area contributed by atoms with Gasteiger partial charge in [-0.3, -0.25) is 4.90 Å². The number of nitrogens with one attached hydrogen (secondary N) is 1. The average molecular weight is 292 g/mol. The highest BCUT2D eigenvalue weighted by Gasteiger charge is 2.20. The molecule has 2 amide bonds. The maximum absolute atomic E-state index is 11.9. The molecular weight excluding hydrogens is 268 g/mol. The van der Waals surface area contributed by atoms with Crippen LogP contribution in [0, 0.1) is 0 Å². The van der Waals surface area contributed by atoms with Crippen LogP contribution in [0.15, 0.2) is 18.2 Å². The van der Waals surface area contributed by atoms with Crippen molar-refractivity contribution >= 4 is 11.7 Å². The first-order valence-electron chi connectivity index (χ1n) is 7.62. The summed E-state index contributed by atoms with van der Waals surface area (Å²) in [5.41, 5.74) is 0.846. The molecule has 0 unspecified atom stereocenters. The molecule has 1 saturated heterocycles. The molecule has 0 radical (unpaired) electrons. The molecule has 21 heavy (non-hydrogen) atoms. The van der Waals surface area contributed by atoms with E-state index in [-0.39, 0.29) is 6.03 Å². The number of nitrogens with zero attached hydrogens (tertiary/aromatic N) is 1. The van der Waals surface area contributed by atoms with Crippen LogP contribution in [0.4, 0.5) is 10.5 Å². The largest absolute Gasteiger partial charge is 0.493 e. The van der Waals surface area contributed by atoms with Crippen LogP contribution < -0.4 is 19.7 Å². The number of benzene rings is 1. The predicted octanol–water partition coefficient (Wildman–Crippen LogP) is 3.18. The van der Waals surface area contributed by atoms with Crippen molar-refractivity contribution in [3.63, 3.8) is 0 Å². The van der Waals surface area contributed by atoms with Gasteiger partial charge >= 0.3 is 6.03 Å². The Morgan fingerprint density at radius 2 is 2.14 bits per heavy atom. The first-order valence-corrected chi connectivity index (χ1v) is 7.62. The molecule has 1 aromatic carbocycles. The minimum atomic E-state index is -0.0525. The van der Waals surface area contributed by atoms with Gasteiger partial charge in [0.15, 0.2) is 11.5 Å². The minimum absolute atomic E-state index is 0.0525. The normalized spacial score (nSPS) is 14.8. The summed E-state index contributed by atoms with van der Waals surface area (Å²) in [6.07, 6.45) is 4.28. The van der Waals surface area contributed by atoms with Crippen molar-refractivity contribution in [1.82, 2.24) is 5.32 Å². The number of ether oxygens (including phenoxy) is 2. The third kappa shape index (κ3) is 4.03. The summed E-state index contributed by atoms with van der Waals surface area (Å²) in [6, 6.07) is 5.58. The Balaban J connectivity index is 2.10. The second-order valence-corrected chi connectivity index (χ2v) is 5.13. The van der Waals surface area contributed by atoms with E-state index in [2.05, 4.69) is 12.2 Å². The molecule has 0 aliphatic carbocycles. The Morgan fingerprint density at radius 3 is 2.86 bits per heavy atom. The second-order valence-electron chi connectivity index (χ2n) is 5.13. The van der Waals surface area contributed by atoms with E-state index >= 15 is 0 Å². The van der Waals surface area contributed by atoms with Gasteiger partial charge in [0.25, 0.3) is 0 Å². The highest BCUT2D eigenvalue weighted by molar-refractivity contribution is 5.93. The fourth-order valence-corrected chi connectivity index (χ4v) is 2.36. The fourth-order valence-electron chi connectivity index (χ4n) is 2.36. The first-order chi connectivity index (χ1) is 10.3. The minimum Gasteiger partial charge on any atom is -0.493 e. The zero-order valence-electron chi connectivity index (χ0n) is 12.9. The van der Waals surface area contributed by atoms with Crippen molar-refractivity contribution in [2.45, 2.75) is 32.6 Å². The van der Waals surface area contributed by atoms with E-state index in [0.29, 0.717) is 18.1 Å². The topological polar surface area (TPSA) is 50.8 Å². The number of unbranched alkanes of at least 4 members (excludes halogenated alkanes) is 2. The van der Waals surface area contributed by atoms with E-state index in [1.165, 1.54) is 0 Å². The van der Waals surface area contributed by atoms with Crippen molar-refractivity contribution in [3.05, 3.63) is 18.2 Å². The number of carbonyl (C=O) groups is 1. The maximum atomic E-state index is 11.9. The number of hydrogen-bond donors (Lipinski definition) is 1. The smallest absolute Gasteiger partial charge is 0.321 e. The molecule has 5 nitrogen and oxygen atoms in total. The van der Waals surface area contributed by atoms with Gasteiger partial charge in [0.2, 0.25) is 0 Å². The summed E-state index contributed by atoms with van der Waals surface area (Å²) in [6.45, 7) is 4.30. The average Bonchev–Trinajstić information content (AvgIpc) is 2.52. The lowest BCUT2D eigenvalue weighted by atomic mass is 10.2. The molecule has 0 bridgehead atoms. The summed E-state index contributed by atoms with van der Waals surface area (Å²) in [5.74, 6) is 1.40. The molecule has 1 aliphatic rings. The third-order valence-electron chi connectivity index (χ3n) is 3.54. The van der Waals surface area contributed by atoms with E-state index < -0.39 is 0 Å². The summed E-state index contributed by atoms with van der Waals surface area (Å²) >= 11 is 0. The van der Waals surface area contributed by atoms with Crippen molar-refractivity contribution in [2.24, 2.45) is 0 Å². The van der Waals surface area contributed by atoms with Gasteiger partial charge < -0.3 is 14.8 Å². The molecule has 0 spiro atoms. The highest BCUT2D eigenvalue weighted by Crippen LogP contribution is 2.32. The predicted molar refractivity (Wildman–Crippen MR) is 83.4 cm³/mol. The SMILES string of the molecule is CCCCCOc1cc(N2CCCNC2=O)ccc1OC. The summed E-state index contributed by atoms with van der Waals surface area (Å²) < 4.78 is 11.1. The van der Waals surface area contributed by atoms with Crippen LogP contribution in [0.1, 0.15) is 32.6 Å². The number of anilines is 1. The number of urea groups is 1. The Hall–Kier alpha value is -1.91. The van der Waals surface area contributed by atoms with Crippen LogP contribution in [0.2, 0.25) is 0 Å². The quantitative estimate of drug-likeness (QED) is 0.785. The van der Waals surface area contributed by atoms with Gasteiger partial charge in [-0.15, -0.1) is 0 Å². The molecule has 1 aliphatic heterocycles. The molecule has 1 heterocycles. The fraction of sp³-hybridized carbons (Fsp3) is 0.562. The van der Waals surface area contributed by atoms with Crippen molar-refractivity contribution < 1.29 is 14.3 Å². The van der Waals surface area contributed by atoms with Crippen LogP contribution in [0.3, 0.4) is 0 Å². The zero-order valence-corrected chi connectivity index (χ0v) is 12.9. The monoisotopic (exact) mass is 292 g/mol. The van der Waals surface area contributed by atoms with Gasteiger partial charge in [-0.2, -0.15) is 0 Å². The zero-order chi connectivity index (χ0) is 15.1. The standard InChI is InChI=1S/C16H24N2O3/c1-3-4-5-11-21-15-12-13(7-8-14(15)20-2)18-10-6-9-17-16(18)19/h7-8,12H,3-6,9-11H2,1-2H3,(H,17,19). The summed E-state index contributed by atoms with van der Waals surface area (Å²) in [5, 5.41) is 2.85. The Bertz CT molecular complexity index is 477. The number of hydrogen-bond acceptors (Lipinski definition) is 3. The van der Waals surface area contributed by atoms with E-state index in [9.17, 15) is 4.79 Å². The molecule has 2 rings (SSSR count). The lowest BCUT2D eigenvalue weighted by Gasteiger charge is -2.28. The first kappa shape index (κ1) is 15.5. The van der Waals surface area contributed by atoms with E-state index in [1.807, 2.05) is 18.2 Å². The van der Waals surface area contributed by atoms with Crippen LogP contribution in [0.25, 0.3) is 0 Å². The number of amides is 2. The second kappa shape index (κ2) is 7.76. The van der Waals surface area contributed by atoms with Gasteiger partial charge in [-0.25, -0.2) is 4.79 Å². The van der Waals surface area contributed by atoms with E-state index in [4.69, 9.17) is 9.47 Å². The Morgan fingerprint density at radius 1 is 1.29 bits per heavy atom. The number of rotatable bonds is 7. The molecule has 1 aromatic rings. The van der Waals surface area contributed by atoms with Gasteiger partial charge in [0.05, 0.1) is 13.7 Å². The van der Waals surface area contributed by atoms with E-state index in [1.54, 1.807) is 12.0 Å². The van der Waals surface area contributed by atoms with Crippen molar-refractivity contribution in [3.8, 4) is 11.5 Å². The third-order valence-corrected chi connectivity index (χ3v) is 3.54. The van der Waals surface area contributed by atoms with Crippen LogP contribution in [-0.2, 0) is 0 Å². The van der Waals surface area contributed by atoms with Crippen LogP contribution in [0.5, 0.6) is 11.5 Å². The molecule has 116 valence electrons. The van der Waals surface area contributed by atoms with Gasteiger partial charge in [-0.05, 0) is 25.0 Å². The summed E-state index contributed by atoms with van der Waals surface area (Å²) in [4.78, 5) is 13.6. The molecule has 0 aromatic heterocycles. The van der Waals surface area contributed by atoms with E-state index in [0.717, 1.165) is 44.5 Å². The maximum Gasteiger partial charge on any atom is 0.321 e. The lowest BCUT2D eigenvalue weighted by molar-refractivity contribution is 0.242. The molecule has 0 atom stereocenters. The summed E-state index contributed by atoms with van der Waals surface area (Å²) in [7, 11) is 1.63. The van der Waals surface area contributed by atoms with Gasteiger partial charge in [0, 0.05) is 24.8 Å². The lowest BCUT2D eigenvalue weighted by Crippen LogP contribution is -2.46. The number of methoxy groups -OCH3 is 1. The molecule has 1 fully saturated rings. The van der Waals surface area contributed by atoms with Gasteiger partial charge in [0.1, 0.15) is 0 Å². The van der Waals surface area contributed by atoms with Crippen molar-refractivity contribution in [1.29, 1.82) is 0 Å². The van der Waals surface area contributed by atoms with Crippen molar-refractivity contribution in [2.75, 3.05) is 31.7 Å². The molecule has 5 heteroatoms. The highest BCUT2D eigenvalue weighted by atomic mass is 16.5. The molecule has 1 N–H and O–H groups in total. The number of carbonyl (C=O) groups excluding carboxylic acids is 1.